The van der Waals surface area contributed by atoms with E-state index in [1.807, 2.05) is 29.0 Å². The Balaban J connectivity index is 0.000000709. The van der Waals surface area contributed by atoms with E-state index in [0.29, 0.717) is 5.92 Å². The van der Waals surface area contributed by atoms with Crippen LogP contribution in [0.5, 0.6) is 0 Å². The first kappa shape index (κ1) is 26.2. The highest BCUT2D eigenvalue weighted by Gasteiger charge is 2.16. The fourth-order valence-electron chi connectivity index (χ4n) is 4.60. The van der Waals surface area contributed by atoms with Gasteiger partial charge in [0.1, 0.15) is 6.10 Å². The maximum absolute atomic E-state index is 10.7. The topological polar surface area (TPSA) is 51.2 Å². The molecule has 0 fully saturated rings. The SMILES string of the molecule is CCCN.CCCc1ccc2c(c1)c1cc(C(C)C)ccc1n2-c1ccc(C(O)c2ccsc2)cc1. The molecule has 5 aromatic rings. The molecule has 2 heterocycles. The van der Waals surface area contributed by atoms with E-state index < -0.39 is 6.10 Å². The Bertz CT molecular complexity index is 1400. The van der Waals surface area contributed by atoms with Crippen LogP contribution in [0.1, 0.15) is 74.8 Å². The summed E-state index contributed by atoms with van der Waals surface area (Å²) in [4.78, 5) is 0. The quantitative estimate of drug-likeness (QED) is 0.237. The van der Waals surface area contributed by atoms with Crippen LogP contribution in [0.3, 0.4) is 0 Å². The number of nitrogens with two attached hydrogens (primary N) is 1. The summed E-state index contributed by atoms with van der Waals surface area (Å²) in [5, 5.41) is 17.3. The lowest BCUT2D eigenvalue weighted by molar-refractivity contribution is 0.221. The minimum absolute atomic E-state index is 0.495. The van der Waals surface area contributed by atoms with Crippen LogP contribution in [0.2, 0.25) is 0 Å². The van der Waals surface area contributed by atoms with Crippen molar-refractivity contribution in [1.82, 2.24) is 4.57 Å². The van der Waals surface area contributed by atoms with E-state index in [4.69, 9.17) is 5.73 Å². The van der Waals surface area contributed by atoms with Crippen LogP contribution >= 0.6 is 11.3 Å². The van der Waals surface area contributed by atoms with Crippen LogP contribution in [0.25, 0.3) is 27.5 Å². The number of hydrogen-bond acceptors (Lipinski definition) is 3. The van der Waals surface area contributed by atoms with Crippen LogP contribution in [-0.2, 0) is 6.42 Å². The Kier molecular flexibility index (Phi) is 8.63. The van der Waals surface area contributed by atoms with Gasteiger partial charge in [-0.1, -0.05) is 58.4 Å². The Labute approximate surface area is 219 Å². The van der Waals surface area contributed by atoms with Gasteiger partial charge in [-0.05, 0) is 101 Å². The largest absolute Gasteiger partial charge is 0.384 e. The number of aliphatic hydroxyl groups excluding tert-OH is 1. The van der Waals surface area contributed by atoms with Gasteiger partial charge in [0.2, 0.25) is 0 Å². The summed E-state index contributed by atoms with van der Waals surface area (Å²) in [6.45, 7) is 9.61. The lowest BCUT2D eigenvalue weighted by atomic mass is 10.00. The van der Waals surface area contributed by atoms with Gasteiger partial charge in [0.15, 0.2) is 0 Å². The maximum atomic E-state index is 10.7. The van der Waals surface area contributed by atoms with E-state index in [1.54, 1.807) is 11.3 Å². The number of aliphatic hydroxyl groups is 1. The number of hydrogen-bond donors (Lipinski definition) is 2. The molecule has 0 aliphatic rings. The smallest absolute Gasteiger partial charge is 0.105 e. The molecule has 1 atom stereocenters. The van der Waals surface area contributed by atoms with Crippen molar-refractivity contribution < 1.29 is 5.11 Å². The van der Waals surface area contributed by atoms with Gasteiger partial charge in [0.05, 0.1) is 11.0 Å². The van der Waals surface area contributed by atoms with E-state index in [2.05, 4.69) is 80.8 Å². The third-order valence-electron chi connectivity index (χ3n) is 6.67. The highest BCUT2D eigenvalue weighted by molar-refractivity contribution is 7.08. The molecule has 2 aromatic heterocycles. The highest BCUT2D eigenvalue weighted by atomic mass is 32.1. The highest BCUT2D eigenvalue weighted by Crippen LogP contribution is 2.35. The van der Waals surface area contributed by atoms with E-state index >= 15 is 0 Å². The van der Waals surface area contributed by atoms with E-state index in [1.165, 1.54) is 32.9 Å². The minimum Gasteiger partial charge on any atom is -0.384 e. The number of nitrogens with zero attached hydrogens (tertiary/aromatic N) is 1. The first-order chi connectivity index (χ1) is 17.5. The lowest BCUT2D eigenvalue weighted by Gasteiger charge is -2.13. The maximum Gasteiger partial charge on any atom is 0.105 e. The van der Waals surface area contributed by atoms with Gasteiger partial charge in [-0.2, -0.15) is 11.3 Å². The molecule has 0 amide bonds. The number of fused-ring (bicyclic) bond motifs is 3. The van der Waals surface area contributed by atoms with E-state index in [0.717, 1.165) is 42.6 Å². The molecule has 0 saturated heterocycles. The Morgan fingerprint density at radius 2 is 1.44 bits per heavy atom. The molecule has 3 nitrogen and oxygen atoms in total. The monoisotopic (exact) mass is 498 g/mol. The summed E-state index contributed by atoms with van der Waals surface area (Å²) in [7, 11) is 0. The van der Waals surface area contributed by atoms with Crippen molar-refractivity contribution >= 4 is 33.1 Å². The Morgan fingerprint density at radius 3 is 2.03 bits per heavy atom. The van der Waals surface area contributed by atoms with Crippen molar-refractivity contribution in [2.75, 3.05) is 6.54 Å². The number of aromatic nitrogens is 1. The summed E-state index contributed by atoms with van der Waals surface area (Å²) in [6.07, 6.45) is 2.76. The number of benzene rings is 3. The zero-order valence-electron chi connectivity index (χ0n) is 21.9. The summed E-state index contributed by atoms with van der Waals surface area (Å²) in [5.41, 5.74) is 13.2. The zero-order valence-corrected chi connectivity index (χ0v) is 22.7. The second-order valence-electron chi connectivity index (χ2n) is 9.71. The predicted octanol–water partition coefficient (Wildman–Crippen LogP) is 8.36. The van der Waals surface area contributed by atoms with E-state index in [9.17, 15) is 5.11 Å². The summed E-state index contributed by atoms with van der Waals surface area (Å²) in [6, 6.07) is 24.1. The number of aryl methyl sites for hydroxylation is 1. The van der Waals surface area contributed by atoms with Gasteiger partial charge in [0, 0.05) is 16.5 Å². The molecular formula is C32H38N2OS. The molecule has 188 valence electrons. The molecule has 5 rings (SSSR count). The van der Waals surface area contributed by atoms with Gasteiger partial charge >= 0.3 is 0 Å². The Morgan fingerprint density at radius 1 is 0.806 bits per heavy atom. The summed E-state index contributed by atoms with van der Waals surface area (Å²) < 4.78 is 2.35. The number of rotatable bonds is 7. The van der Waals surface area contributed by atoms with Gasteiger partial charge < -0.3 is 15.4 Å². The van der Waals surface area contributed by atoms with Crippen molar-refractivity contribution in [3.05, 3.63) is 99.7 Å². The fraction of sp³-hybridized carbons (Fsp3) is 0.312. The molecule has 0 radical (unpaired) electrons. The van der Waals surface area contributed by atoms with Gasteiger partial charge in [-0.25, -0.2) is 0 Å². The van der Waals surface area contributed by atoms with Crippen LogP contribution in [0.4, 0.5) is 0 Å². The van der Waals surface area contributed by atoms with Gasteiger partial charge in [-0.3, -0.25) is 0 Å². The van der Waals surface area contributed by atoms with Gasteiger partial charge in [-0.15, -0.1) is 0 Å². The summed E-state index contributed by atoms with van der Waals surface area (Å²) >= 11 is 1.61. The average molecular weight is 499 g/mol. The molecular weight excluding hydrogens is 460 g/mol. The van der Waals surface area contributed by atoms with Crippen LogP contribution in [-0.4, -0.2) is 16.2 Å². The molecule has 4 heteroatoms. The summed E-state index contributed by atoms with van der Waals surface area (Å²) in [5.74, 6) is 0.495. The van der Waals surface area contributed by atoms with Crippen molar-refractivity contribution in [3.8, 4) is 5.69 Å². The Hall–Kier alpha value is -2.92. The molecule has 1 unspecified atom stereocenters. The molecule has 0 saturated carbocycles. The molecule has 3 aromatic carbocycles. The minimum atomic E-state index is -0.585. The lowest BCUT2D eigenvalue weighted by Crippen LogP contribution is -1.99. The van der Waals surface area contributed by atoms with Crippen molar-refractivity contribution in [1.29, 1.82) is 0 Å². The standard InChI is InChI=1S/C29H29NOS.C3H9N/c1-4-5-20-6-12-27-25(16-20)26-17-22(19(2)3)9-13-28(26)30(27)24-10-7-21(8-11-24)29(31)23-14-15-32-18-23;1-2-3-4/h6-19,29,31H,4-5H2,1-3H3;2-4H2,1H3. The normalized spacial score (nSPS) is 12.2. The predicted molar refractivity (Wildman–Crippen MR) is 157 cm³/mol. The molecule has 0 aliphatic carbocycles. The second-order valence-corrected chi connectivity index (χ2v) is 10.5. The number of thiophene rings is 1. The third-order valence-corrected chi connectivity index (χ3v) is 7.37. The van der Waals surface area contributed by atoms with Crippen LogP contribution in [0, 0.1) is 0 Å². The van der Waals surface area contributed by atoms with Crippen molar-refractivity contribution in [2.45, 2.75) is 59.0 Å². The molecule has 3 N–H and O–H groups in total. The fourth-order valence-corrected chi connectivity index (χ4v) is 5.28. The van der Waals surface area contributed by atoms with Crippen LogP contribution < -0.4 is 5.73 Å². The van der Waals surface area contributed by atoms with E-state index in [-0.39, 0.29) is 0 Å². The second kappa shape index (κ2) is 11.9. The van der Waals surface area contributed by atoms with Crippen molar-refractivity contribution in [2.24, 2.45) is 5.73 Å². The molecule has 0 bridgehead atoms. The van der Waals surface area contributed by atoms with Crippen molar-refractivity contribution in [3.63, 3.8) is 0 Å². The van der Waals surface area contributed by atoms with Gasteiger partial charge in [0.25, 0.3) is 0 Å². The zero-order chi connectivity index (χ0) is 25.7. The first-order valence-electron chi connectivity index (χ1n) is 13.1. The molecule has 36 heavy (non-hydrogen) atoms. The average Bonchev–Trinajstić information content (AvgIpc) is 3.55. The third kappa shape index (κ3) is 5.41. The molecule has 0 aliphatic heterocycles. The molecule has 0 spiro atoms. The van der Waals surface area contributed by atoms with Crippen LogP contribution in [0.15, 0.2) is 77.5 Å². The first-order valence-corrected chi connectivity index (χ1v) is 14.0.